The van der Waals surface area contributed by atoms with Crippen LogP contribution in [0.3, 0.4) is 0 Å². The predicted molar refractivity (Wildman–Crippen MR) is 108 cm³/mol. The summed E-state index contributed by atoms with van der Waals surface area (Å²) in [5.41, 5.74) is 0.614. The van der Waals surface area contributed by atoms with Crippen LogP contribution in [-0.4, -0.2) is 48.2 Å². The monoisotopic (exact) mass is 424 g/mol. The van der Waals surface area contributed by atoms with Crippen molar-refractivity contribution in [2.24, 2.45) is 7.05 Å². The van der Waals surface area contributed by atoms with E-state index in [0.717, 1.165) is 12.8 Å². The van der Waals surface area contributed by atoms with Gasteiger partial charge in [-0.15, -0.1) is 11.3 Å². The molecular weight excluding hydrogens is 400 g/mol. The minimum absolute atomic E-state index is 0.0710. The Kier molecular flexibility index (Phi) is 5.92. The number of anilines is 1. The molecule has 1 saturated carbocycles. The molecule has 2 heterocycles. The van der Waals surface area contributed by atoms with Crippen molar-refractivity contribution in [3.63, 3.8) is 0 Å². The van der Waals surface area contributed by atoms with Gasteiger partial charge in [-0.25, -0.2) is 8.42 Å². The zero-order valence-corrected chi connectivity index (χ0v) is 17.7. The van der Waals surface area contributed by atoms with Crippen molar-refractivity contribution in [3.05, 3.63) is 35.0 Å². The van der Waals surface area contributed by atoms with Crippen LogP contribution in [0.5, 0.6) is 0 Å². The lowest BCUT2D eigenvalue weighted by molar-refractivity contribution is 0.0952. The van der Waals surface area contributed by atoms with Gasteiger partial charge in [-0.05, 0) is 30.4 Å². The molecule has 0 aliphatic heterocycles. The van der Waals surface area contributed by atoms with Gasteiger partial charge in [-0.1, -0.05) is 13.8 Å². The minimum atomic E-state index is -3.66. The first kappa shape index (κ1) is 20.6. The van der Waals surface area contributed by atoms with Crippen LogP contribution in [0.25, 0.3) is 0 Å². The van der Waals surface area contributed by atoms with E-state index in [1.165, 1.54) is 32.5 Å². The highest BCUT2D eigenvalue weighted by molar-refractivity contribution is 7.89. The molecule has 10 heteroatoms. The van der Waals surface area contributed by atoms with Gasteiger partial charge in [0.05, 0.1) is 5.56 Å². The van der Waals surface area contributed by atoms with Gasteiger partial charge in [-0.2, -0.15) is 4.31 Å². The lowest BCUT2D eigenvalue weighted by atomic mass is 10.3. The Labute approximate surface area is 168 Å². The molecule has 2 aromatic rings. The van der Waals surface area contributed by atoms with Crippen molar-refractivity contribution in [1.82, 2.24) is 14.2 Å². The molecule has 8 nitrogen and oxygen atoms in total. The summed E-state index contributed by atoms with van der Waals surface area (Å²) >= 11 is 1.25. The van der Waals surface area contributed by atoms with Crippen LogP contribution in [0.15, 0.2) is 28.6 Å². The van der Waals surface area contributed by atoms with E-state index < -0.39 is 15.9 Å². The summed E-state index contributed by atoms with van der Waals surface area (Å²) < 4.78 is 28.2. The Balaban J connectivity index is 1.80. The number of nitrogens with zero attached hydrogens (tertiary/aromatic N) is 2. The highest BCUT2D eigenvalue weighted by Gasteiger charge is 2.27. The maximum Gasteiger partial charge on any atom is 0.272 e. The number of rotatable bonds is 8. The van der Waals surface area contributed by atoms with Crippen molar-refractivity contribution in [1.29, 1.82) is 0 Å². The number of hydrogen-bond acceptors (Lipinski definition) is 5. The maximum absolute atomic E-state index is 12.7. The standard InChI is InChI=1S/C18H24N4O4S2/c1-4-22(5-2)28(25,26)13-10-15(21(3)11-13)17(24)20-18-14(8-9-27-18)16(23)19-12-6-7-12/h8-12H,4-7H2,1-3H3,(H,19,23)(H,20,24). The van der Waals surface area contributed by atoms with Crippen LogP contribution in [0.4, 0.5) is 5.00 Å². The normalized spacial score (nSPS) is 14.3. The highest BCUT2D eigenvalue weighted by Crippen LogP contribution is 2.27. The Hall–Kier alpha value is -2.17. The van der Waals surface area contributed by atoms with Gasteiger partial charge < -0.3 is 15.2 Å². The van der Waals surface area contributed by atoms with Crippen molar-refractivity contribution in [3.8, 4) is 0 Å². The summed E-state index contributed by atoms with van der Waals surface area (Å²) in [7, 11) is -2.04. The Morgan fingerprint density at radius 3 is 2.54 bits per heavy atom. The summed E-state index contributed by atoms with van der Waals surface area (Å²) in [6, 6.07) is 3.25. The van der Waals surface area contributed by atoms with E-state index in [1.54, 1.807) is 32.3 Å². The molecule has 152 valence electrons. The Bertz CT molecular complexity index is 985. The molecule has 0 bridgehead atoms. The molecule has 1 fully saturated rings. The molecule has 0 radical (unpaired) electrons. The lowest BCUT2D eigenvalue weighted by Crippen LogP contribution is -2.30. The summed E-state index contributed by atoms with van der Waals surface area (Å²) in [4.78, 5) is 25.1. The minimum Gasteiger partial charge on any atom is -0.349 e. The number of sulfonamides is 1. The quantitative estimate of drug-likeness (QED) is 0.679. The molecule has 28 heavy (non-hydrogen) atoms. The van der Waals surface area contributed by atoms with Gasteiger partial charge in [0.1, 0.15) is 15.6 Å². The summed E-state index contributed by atoms with van der Waals surface area (Å²) in [5, 5.41) is 7.81. The lowest BCUT2D eigenvalue weighted by Gasteiger charge is -2.17. The van der Waals surface area contributed by atoms with Crippen molar-refractivity contribution in [2.75, 3.05) is 18.4 Å². The first-order chi connectivity index (χ1) is 13.3. The number of aryl methyl sites for hydroxylation is 1. The molecule has 2 aromatic heterocycles. The number of nitrogens with one attached hydrogen (secondary N) is 2. The van der Waals surface area contributed by atoms with Crippen molar-refractivity contribution in [2.45, 2.75) is 37.6 Å². The third-order valence-corrected chi connectivity index (χ3v) is 7.45. The van der Waals surface area contributed by atoms with Crippen LogP contribution in [0, 0.1) is 0 Å². The van der Waals surface area contributed by atoms with Crippen molar-refractivity contribution < 1.29 is 18.0 Å². The number of carbonyl (C=O) groups excluding carboxylic acids is 2. The number of carbonyl (C=O) groups is 2. The van der Waals surface area contributed by atoms with Crippen LogP contribution in [0.1, 0.15) is 47.5 Å². The fourth-order valence-electron chi connectivity index (χ4n) is 2.86. The molecule has 0 saturated heterocycles. The van der Waals surface area contributed by atoms with Gasteiger partial charge in [0, 0.05) is 32.4 Å². The zero-order chi connectivity index (χ0) is 20.5. The number of amides is 2. The molecule has 2 amide bonds. The van der Waals surface area contributed by atoms with E-state index in [-0.39, 0.29) is 22.5 Å². The third-order valence-electron chi connectivity index (χ3n) is 4.61. The second-order valence-corrected chi connectivity index (χ2v) is 9.48. The molecular formula is C18H24N4O4S2. The average molecular weight is 425 g/mol. The van der Waals surface area contributed by atoms with E-state index in [0.29, 0.717) is 23.7 Å². The van der Waals surface area contributed by atoms with Crippen molar-refractivity contribution >= 4 is 38.2 Å². The zero-order valence-electron chi connectivity index (χ0n) is 16.1. The molecule has 0 unspecified atom stereocenters. The smallest absolute Gasteiger partial charge is 0.272 e. The Morgan fingerprint density at radius 1 is 1.25 bits per heavy atom. The fourth-order valence-corrected chi connectivity index (χ4v) is 5.17. The van der Waals surface area contributed by atoms with E-state index >= 15 is 0 Å². The third kappa shape index (κ3) is 4.13. The fraction of sp³-hybridized carbons (Fsp3) is 0.444. The van der Waals surface area contributed by atoms with E-state index in [2.05, 4.69) is 10.6 Å². The maximum atomic E-state index is 12.7. The topological polar surface area (TPSA) is 101 Å². The number of thiophene rings is 1. The molecule has 0 aromatic carbocycles. The SMILES string of the molecule is CCN(CC)S(=O)(=O)c1cc(C(=O)Nc2sccc2C(=O)NC2CC2)n(C)c1. The molecule has 0 atom stereocenters. The van der Waals surface area contributed by atoms with Gasteiger partial charge in [0.2, 0.25) is 10.0 Å². The van der Waals surface area contributed by atoms with Gasteiger partial charge in [-0.3, -0.25) is 9.59 Å². The van der Waals surface area contributed by atoms with Gasteiger partial charge >= 0.3 is 0 Å². The molecule has 1 aliphatic carbocycles. The largest absolute Gasteiger partial charge is 0.349 e. The average Bonchev–Trinajstić information content (AvgIpc) is 3.16. The molecule has 0 spiro atoms. The first-order valence-corrected chi connectivity index (χ1v) is 11.5. The number of aromatic nitrogens is 1. The van der Waals surface area contributed by atoms with Gasteiger partial charge in [0.15, 0.2) is 0 Å². The van der Waals surface area contributed by atoms with E-state index in [1.807, 2.05) is 0 Å². The molecule has 2 N–H and O–H groups in total. The second kappa shape index (κ2) is 8.06. The molecule has 1 aliphatic rings. The number of hydrogen-bond donors (Lipinski definition) is 2. The van der Waals surface area contributed by atoms with Crippen LogP contribution in [0.2, 0.25) is 0 Å². The van der Waals surface area contributed by atoms with Gasteiger partial charge in [0.25, 0.3) is 11.8 Å². The highest BCUT2D eigenvalue weighted by atomic mass is 32.2. The summed E-state index contributed by atoms with van der Waals surface area (Å²) in [5.74, 6) is -0.679. The second-order valence-electron chi connectivity index (χ2n) is 6.63. The van der Waals surface area contributed by atoms with E-state index in [4.69, 9.17) is 0 Å². The molecule has 3 rings (SSSR count). The first-order valence-electron chi connectivity index (χ1n) is 9.14. The predicted octanol–water partition coefficient (Wildman–Crippen LogP) is 2.26. The van der Waals surface area contributed by atoms with Crippen LogP contribution in [-0.2, 0) is 17.1 Å². The summed E-state index contributed by atoms with van der Waals surface area (Å²) in [6.07, 6.45) is 3.38. The Morgan fingerprint density at radius 2 is 1.93 bits per heavy atom. The van der Waals surface area contributed by atoms with E-state index in [9.17, 15) is 18.0 Å². The van der Waals surface area contributed by atoms with Crippen LogP contribution < -0.4 is 10.6 Å². The summed E-state index contributed by atoms with van der Waals surface area (Å²) in [6.45, 7) is 4.24. The van der Waals surface area contributed by atoms with Crippen LogP contribution >= 0.6 is 11.3 Å².